The number of carbonyl (C=O) groups excluding carboxylic acids is 1. The number of fused-ring (bicyclic) bond motifs is 1. The van der Waals surface area contributed by atoms with Crippen molar-refractivity contribution in [3.8, 4) is 11.4 Å². The highest BCUT2D eigenvalue weighted by atomic mass is 32.1. The number of aromatic nitrogens is 3. The van der Waals surface area contributed by atoms with Crippen LogP contribution in [-0.4, -0.2) is 41.4 Å². The molecule has 4 aromatic rings. The molecule has 8 heteroatoms. The van der Waals surface area contributed by atoms with Crippen molar-refractivity contribution in [2.24, 2.45) is 0 Å². The Hall–Kier alpha value is -3.39. The number of amides is 1. The number of thiazole rings is 1. The minimum atomic E-state index is -0.0525. The average Bonchev–Trinajstić information content (AvgIpc) is 3.35. The number of ether oxygens (including phenoxy) is 1. The molecule has 7 nitrogen and oxygen atoms in total. The zero-order valence-electron chi connectivity index (χ0n) is 18.0. The van der Waals surface area contributed by atoms with Gasteiger partial charge in [-0.05, 0) is 43.7 Å². The third-order valence-corrected chi connectivity index (χ3v) is 6.35. The summed E-state index contributed by atoms with van der Waals surface area (Å²) in [4.78, 5) is 19.2. The van der Waals surface area contributed by atoms with E-state index in [4.69, 9.17) is 9.72 Å². The zero-order valence-corrected chi connectivity index (χ0v) is 18.8. The average molecular weight is 436 g/mol. The van der Waals surface area contributed by atoms with E-state index >= 15 is 0 Å². The second-order valence-corrected chi connectivity index (χ2v) is 8.38. The number of aryl methyl sites for hydroxylation is 1. The Kier molecular flexibility index (Phi) is 5.90. The summed E-state index contributed by atoms with van der Waals surface area (Å²) < 4.78 is 8.08. The minimum absolute atomic E-state index is 0.0494. The molecule has 0 radical (unpaired) electrons. The molecule has 0 fully saturated rings. The first-order chi connectivity index (χ1) is 15.0. The molecule has 0 unspecified atom stereocenters. The highest BCUT2D eigenvalue weighted by Crippen LogP contribution is 2.32. The smallest absolute Gasteiger partial charge is 0.240 e. The van der Waals surface area contributed by atoms with Gasteiger partial charge in [0.25, 0.3) is 0 Å². The van der Waals surface area contributed by atoms with Gasteiger partial charge in [-0.2, -0.15) is 10.1 Å². The fourth-order valence-corrected chi connectivity index (χ4v) is 4.33. The van der Waals surface area contributed by atoms with Gasteiger partial charge in [0.15, 0.2) is 10.8 Å². The van der Waals surface area contributed by atoms with Crippen LogP contribution in [-0.2, 0) is 4.79 Å². The topological polar surface area (TPSA) is 72.3 Å². The van der Waals surface area contributed by atoms with Gasteiger partial charge in [0.05, 0.1) is 35.8 Å². The van der Waals surface area contributed by atoms with E-state index in [9.17, 15) is 4.79 Å². The molecule has 160 valence electrons. The molecule has 0 spiro atoms. The van der Waals surface area contributed by atoms with Crippen molar-refractivity contribution in [2.45, 2.75) is 19.9 Å². The summed E-state index contributed by atoms with van der Waals surface area (Å²) in [5, 5.41) is 8.46. The van der Waals surface area contributed by atoms with Gasteiger partial charge in [-0.1, -0.05) is 41.7 Å². The monoisotopic (exact) mass is 435 g/mol. The number of rotatable bonds is 7. The van der Waals surface area contributed by atoms with Gasteiger partial charge in [0.1, 0.15) is 5.75 Å². The number of anilines is 1. The van der Waals surface area contributed by atoms with Crippen LogP contribution >= 0.6 is 11.3 Å². The molecule has 1 atom stereocenters. The van der Waals surface area contributed by atoms with E-state index in [1.54, 1.807) is 7.11 Å². The molecule has 2 heterocycles. The summed E-state index contributed by atoms with van der Waals surface area (Å²) in [6, 6.07) is 17.6. The maximum Gasteiger partial charge on any atom is 0.240 e. The van der Waals surface area contributed by atoms with Crippen LogP contribution in [0.3, 0.4) is 0 Å². The van der Waals surface area contributed by atoms with Crippen LogP contribution in [0.4, 0.5) is 5.13 Å². The Bertz CT molecular complexity index is 1180. The summed E-state index contributed by atoms with van der Waals surface area (Å²) in [7, 11) is 3.52. The number of carbonyl (C=O) groups is 1. The standard InChI is InChI=1S/C23H25N5O2S/c1-15(17-8-6-5-7-9-17)24-20(29)14-27(3)23-25-22-21(31-23)16(2)26-28(22)18-10-12-19(30-4)13-11-18/h5-13,15H,14H2,1-4H3,(H,24,29)/t15-/m0/s1. The lowest BCUT2D eigenvalue weighted by atomic mass is 10.1. The van der Waals surface area contributed by atoms with Crippen LogP contribution in [0, 0.1) is 6.92 Å². The van der Waals surface area contributed by atoms with E-state index < -0.39 is 0 Å². The highest BCUT2D eigenvalue weighted by Gasteiger charge is 2.19. The van der Waals surface area contributed by atoms with Crippen LogP contribution in [0.2, 0.25) is 0 Å². The first-order valence-electron chi connectivity index (χ1n) is 10.0. The lowest BCUT2D eigenvalue weighted by molar-refractivity contribution is -0.120. The molecule has 2 aromatic heterocycles. The van der Waals surface area contributed by atoms with Crippen molar-refractivity contribution in [1.29, 1.82) is 0 Å². The molecule has 0 aliphatic heterocycles. The summed E-state index contributed by atoms with van der Waals surface area (Å²) in [6.07, 6.45) is 0. The number of nitrogens with one attached hydrogen (secondary N) is 1. The summed E-state index contributed by atoms with van der Waals surface area (Å²) in [5.41, 5.74) is 3.68. The van der Waals surface area contributed by atoms with Crippen LogP contribution < -0.4 is 15.0 Å². The van der Waals surface area contributed by atoms with Crippen molar-refractivity contribution >= 4 is 32.7 Å². The van der Waals surface area contributed by atoms with Crippen molar-refractivity contribution in [2.75, 3.05) is 25.6 Å². The number of likely N-dealkylation sites (N-methyl/N-ethyl adjacent to an activating group) is 1. The van der Waals surface area contributed by atoms with E-state index in [1.165, 1.54) is 11.3 Å². The van der Waals surface area contributed by atoms with Crippen LogP contribution in [0.15, 0.2) is 54.6 Å². The fraction of sp³-hybridized carbons (Fsp3) is 0.261. The van der Waals surface area contributed by atoms with Gasteiger partial charge in [-0.3, -0.25) is 4.79 Å². The van der Waals surface area contributed by atoms with Gasteiger partial charge in [-0.25, -0.2) is 4.68 Å². The van der Waals surface area contributed by atoms with E-state index in [0.29, 0.717) is 0 Å². The second kappa shape index (κ2) is 8.77. The number of methoxy groups -OCH3 is 1. The molecule has 0 aliphatic rings. The second-order valence-electron chi connectivity index (χ2n) is 7.40. The molecule has 0 aliphatic carbocycles. The van der Waals surface area contributed by atoms with Crippen molar-refractivity contribution in [3.05, 3.63) is 65.9 Å². The summed E-state index contributed by atoms with van der Waals surface area (Å²) in [5.74, 6) is 0.741. The molecule has 4 rings (SSSR count). The lowest BCUT2D eigenvalue weighted by Crippen LogP contribution is -2.36. The minimum Gasteiger partial charge on any atom is -0.497 e. The predicted molar refractivity (Wildman–Crippen MR) is 124 cm³/mol. The zero-order chi connectivity index (χ0) is 22.0. The van der Waals surface area contributed by atoms with Gasteiger partial charge in [-0.15, -0.1) is 0 Å². The van der Waals surface area contributed by atoms with Gasteiger partial charge < -0.3 is 15.0 Å². The summed E-state index contributed by atoms with van der Waals surface area (Å²) >= 11 is 1.54. The quantitative estimate of drug-likeness (QED) is 0.473. The molecule has 0 saturated carbocycles. The van der Waals surface area contributed by atoms with Gasteiger partial charge in [0, 0.05) is 7.05 Å². The van der Waals surface area contributed by atoms with E-state index in [1.807, 2.05) is 85.1 Å². The Morgan fingerprint density at radius 1 is 1.19 bits per heavy atom. The SMILES string of the molecule is COc1ccc(-n2nc(C)c3sc(N(C)CC(=O)N[C@@H](C)c4ccccc4)nc32)cc1. The molecular weight excluding hydrogens is 410 g/mol. The van der Waals surface area contributed by atoms with Crippen molar-refractivity contribution in [3.63, 3.8) is 0 Å². The Morgan fingerprint density at radius 2 is 1.90 bits per heavy atom. The largest absolute Gasteiger partial charge is 0.497 e. The maximum atomic E-state index is 12.6. The highest BCUT2D eigenvalue weighted by molar-refractivity contribution is 7.22. The molecule has 31 heavy (non-hydrogen) atoms. The Morgan fingerprint density at radius 3 is 2.58 bits per heavy atom. The molecule has 1 N–H and O–H groups in total. The third kappa shape index (κ3) is 4.39. The van der Waals surface area contributed by atoms with Gasteiger partial charge >= 0.3 is 0 Å². The Labute approximate surface area is 185 Å². The van der Waals surface area contributed by atoms with Crippen molar-refractivity contribution in [1.82, 2.24) is 20.1 Å². The van der Waals surface area contributed by atoms with Crippen LogP contribution in [0.25, 0.3) is 16.0 Å². The molecule has 1 amide bonds. The number of hydrogen-bond donors (Lipinski definition) is 1. The van der Waals surface area contributed by atoms with Crippen LogP contribution in [0.5, 0.6) is 5.75 Å². The summed E-state index contributed by atoms with van der Waals surface area (Å²) in [6.45, 7) is 4.18. The maximum absolute atomic E-state index is 12.6. The third-order valence-electron chi connectivity index (χ3n) is 5.08. The first-order valence-corrected chi connectivity index (χ1v) is 10.8. The van der Waals surface area contributed by atoms with Crippen molar-refractivity contribution < 1.29 is 9.53 Å². The molecule has 0 saturated heterocycles. The lowest BCUT2D eigenvalue weighted by Gasteiger charge is -2.18. The fourth-order valence-electron chi connectivity index (χ4n) is 3.39. The molecule has 2 aromatic carbocycles. The van der Waals surface area contributed by atoms with E-state index in [0.717, 1.165) is 38.2 Å². The Balaban J connectivity index is 1.50. The van der Waals surface area contributed by atoms with E-state index in [2.05, 4.69) is 10.4 Å². The van der Waals surface area contributed by atoms with E-state index in [-0.39, 0.29) is 18.5 Å². The number of nitrogens with zero attached hydrogens (tertiary/aromatic N) is 4. The van der Waals surface area contributed by atoms with Gasteiger partial charge in [0.2, 0.25) is 5.91 Å². The number of hydrogen-bond acceptors (Lipinski definition) is 6. The first kappa shape index (κ1) is 20.9. The normalized spacial score (nSPS) is 12.0. The molecular formula is C23H25N5O2S. The number of benzene rings is 2. The predicted octanol–water partition coefficient (Wildman–Crippen LogP) is 4.11. The van der Waals surface area contributed by atoms with Crippen LogP contribution in [0.1, 0.15) is 24.2 Å². The molecule has 0 bridgehead atoms.